The molecule has 24 heavy (non-hydrogen) atoms. The lowest BCUT2D eigenvalue weighted by molar-refractivity contribution is 0.122. The van der Waals surface area contributed by atoms with Gasteiger partial charge in [-0.2, -0.15) is 0 Å². The Morgan fingerprint density at radius 3 is 2.50 bits per heavy atom. The van der Waals surface area contributed by atoms with Crippen LogP contribution in [-0.2, 0) is 11.3 Å². The van der Waals surface area contributed by atoms with Crippen LogP contribution in [0.3, 0.4) is 0 Å². The van der Waals surface area contributed by atoms with Crippen molar-refractivity contribution in [3.8, 4) is 0 Å². The molecule has 5 nitrogen and oxygen atoms in total. The zero-order valence-electron chi connectivity index (χ0n) is 13.9. The summed E-state index contributed by atoms with van der Waals surface area (Å²) in [7, 11) is 1.81. The molecular formula is C19H23N3O2. The van der Waals surface area contributed by atoms with E-state index in [0.717, 1.165) is 37.6 Å². The molecule has 0 radical (unpaired) electrons. The molecule has 2 aromatic carbocycles. The van der Waals surface area contributed by atoms with Crippen molar-refractivity contribution < 1.29 is 9.53 Å². The topological polar surface area (TPSA) is 44.8 Å². The summed E-state index contributed by atoms with van der Waals surface area (Å²) in [6.07, 6.45) is 0. The highest BCUT2D eigenvalue weighted by Crippen LogP contribution is 2.23. The molecule has 0 saturated carbocycles. The van der Waals surface area contributed by atoms with Crippen LogP contribution in [0, 0.1) is 0 Å². The number of nitrogens with zero attached hydrogens (tertiary/aromatic N) is 2. The fourth-order valence-electron chi connectivity index (χ4n) is 2.82. The Balaban J connectivity index is 1.67. The quantitative estimate of drug-likeness (QED) is 0.939. The molecule has 1 N–H and O–H groups in total. The SMILES string of the molecule is CN(Cc1ccccc1N1CCOCC1)C(=O)Nc1ccccc1. The number of anilines is 2. The van der Waals surface area contributed by atoms with Gasteiger partial charge in [-0.3, -0.25) is 0 Å². The van der Waals surface area contributed by atoms with Crippen molar-refractivity contribution in [2.45, 2.75) is 6.54 Å². The maximum atomic E-state index is 12.4. The van der Waals surface area contributed by atoms with Crippen LogP contribution in [0.25, 0.3) is 0 Å². The maximum absolute atomic E-state index is 12.4. The van der Waals surface area contributed by atoms with E-state index in [1.807, 2.05) is 49.5 Å². The number of urea groups is 1. The van der Waals surface area contributed by atoms with Gasteiger partial charge in [0, 0.05) is 38.1 Å². The van der Waals surface area contributed by atoms with E-state index in [9.17, 15) is 4.79 Å². The highest BCUT2D eigenvalue weighted by Gasteiger charge is 2.17. The number of rotatable bonds is 4. The monoisotopic (exact) mass is 325 g/mol. The Hall–Kier alpha value is -2.53. The van der Waals surface area contributed by atoms with Crippen molar-refractivity contribution in [3.63, 3.8) is 0 Å². The maximum Gasteiger partial charge on any atom is 0.321 e. The fraction of sp³-hybridized carbons (Fsp3) is 0.316. The van der Waals surface area contributed by atoms with Crippen LogP contribution >= 0.6 is 0 Å². The van der Waals surface area contributed by atoms with Gasteiger partial charge < -0.3 is 19.9 Å². The van der Waals surface area contributed by atoms with Gasteiger partial charge >= 0.3 is 6.03 Å². The number of amides is 2. The lowest BCUT2D eigenvalue weighted by Gasteiger charge is -2.31. The normalized spacial score (nSPS) is 14.3. The van der Waals surface area contributed by atoms with Gasteiger partial charge in [0.25, 0.3) is 0 Å². The molecule has 0 atom stereocenters. The molecular weight excluding hydrogens is 302 g/mol. The summed E-state index contributed by atoms with van der Waals surface area (Å²) in [6.45, 7) is 3.83. The molecule has 0 bridgehead atoms. The first-order valence-corrected chi connectivity index (χ1v) is 8.22. The fourth-order valence-corrected chi connectivity index (χ4v) is 2.82. The molecule has 126 valence electrons. The second-order valence-electron chi connectivity index (χ2n) is 5.88. The number of morpholine rings is 1. The minimum Gasteiger partial charge on any atom is -0.378 e. The standard InChI is InChI=1S/C19H23N3O2/c1-21(19(23)20-17-8-3-2-4-9-17)15-16-7-5-6-10-18(16)22-11-13-24-14-12-22/h2-10H,11-15H2,1H3,(H,20,23). The first-order chi connectivity index (χ1) is 11.7. The number of hydrogen-bond acceptors (Lipinski definition) is 3. The first-order valence-electron chi connectivity index (χ1n) is 8.22. The van der Waals surface area contributed by atoms with Gasteiger partial charge in [0.2, 0.25) is 0 Å². The molecule has 0 aliphatic carbocycles. The highest BCUT2D eigenvalue weighted by atomic mass is 16.5. The summed E-state index contributed by atoms with van der Waals surface area (Å²) in [4.78, 5) is 16.4. The summed E-state index contributed by atoms with van der Waals surface area (Å²) < 4.78 is 5.43. The van der Waals surface area contributed by atoms with Crippen molar-refractivity contribution in [1.29, 1.82) is 0 Å². The van der Waals surface area contributed by atoms with E-state index in [4.69, 9.17) is 4.74 Å². The average Bonchev–Trinajstić information content (AvgIpc) is 2.63. The minimum atomic E-state index is -0.113. The zero-order valence-corrected chi connectivity index (χ0v) is 13.9. The molecule has 2 aromatic rings. The second kappa shape index (κ2) is 7.84. The molecule has 0 unspecified atom stereocenters. The second-order valence-corrected chi connectivity index (χ2v) is 5.88. The van der Waals surface area contributed by atoms with Gasteiger partial charge in [0.1, 0.15) is 0 Å². The number of ether oxygens (including phenoxy) is 1. The predicted molar refractivity (Wildman–Crippen MR) is 96.4 cm³/mol. The molecule has 1 aliphatic rings. The summed E-state index contributed by atoms with van der Waals surface area (Å²) in [6, 6.07) is 17.6. The predicted octanol–water partition coefficient (Wildman–Crippen LogP) is 3.19. The third-order valence-corrected chi connectivity index (χ3v) is 4.12. The van der Waals surface area contributed by atoms with Gasteiger partial charge in [-0.05, 0) is 23.8 Å². The van der Waals surface area contributed by atoms with Crippen LogP contribution in [-0.4, -0.2) is 44.3 Å². The molecule has 1 heterocycles. The number of hydrogen-bond donors (Lipinski definition) is 1. The Morgan fingerprint density at radius 2 is 1.75 bits per heavy atom. The molecule has 1 saturated heterocycles. The first kappa shape index (κ1) is 16.3. The third kappa shape index (κ3) is 4.06. The van der Waals surface area contributed by atoms with Crippen LogP contribution in [0.1, 0.15) is 5.56 Å². The van der Waals surface area contributed by atoms with Crippen LogP contribution < -0.4 is 10.2 Å². The van der Waals surface area contributed by atoms with Crippen molar-refractivity contribution in [2.75, 3.05) is 43.6 Å². The van der Waals surface area contributed by atoms with E-state index < -0.39 is 0 Å². The molecule has 3 rings (SSSR count). The number of nitrogens with one attached hydrogen (secondary N) is 1. The largest absolute Gasteiger partial charge is 0.378 e. The highest BCUT2D eigenvalue weighted by molar-refractivity contribution is 5.89. The molecule has 1 aliphatic heterocycles. The minimum absolute atomic E-state index is 0.113. The molecule has 5 heteroatoms. The van der Waals surface area contributed by atoms with Gasteiger partial charge in [0.15, 0.2) is 0 Å². The van der Waals surface area contributed by atoms with Crippen LogP contribution in [0.4, 0.5) is 16.2 Å². The smallest absolute Gasteiger partial charge is 0.321 e. The van der Waals surface area contributed by atoms with Gasteiger partial charge in [0.05, 0.1) is 13.2 Å². The van der Waals surface area contributed by atoms with Crippen molar-refractivity contribution in [2.24, 2.45) is 0 Å². The number of carbonyl (C=O) groups is 1. The Morgan fingerprint density at radius 1 is 1.08 bits per heavy atom. The molecule has 1 fully saturated rings. The van der Waals surface area contributed by atoms with Crippen LogP contribution in [0.5, 0.6) is 0 Å². The summed E-state index contributed by atoms with van der Waals surface area (Å²) >= 11 is 0. The Kier molecular flexibility index (Phi) is 5.33. The lowest BCUT2D eigenvalue weighted by atomic mass is 10.1. The summed E-state index contributed by atoms with van der Waals surface area (Å²) in [5, 5.41) is 2.91. The van der Waals surface area contributed by atoms with E-state index in [2.05, 4.69) is 22.3 Å². The Labute approximate surface area is 142 Å². The zero-order chi connectivity index (χ0) is 16.8. The van der Waals surface area contributed by atoms with E-state index in [1.165, 1.54) is 5.69 Å². The summed E-state index contributed by atoms with van der Waals surface area (Å²) in [5.41, 5.74) is 3.13. The lowest BCUT2D eigenvalue weighted by Crippen LogP contribution is -2.37. The Bertz CT molecular complexity index is 669. The third-order valence-electron chi connectivity index (χ3n) is 4.12. The number of carbonyl (C=O) groups excluding carboxylic acids is 1. The van der Waals surface area contributed by atoms with E-state index >= 15 is 0 Å². The van der Waals surface area contributed by atoms with E-state index in [0.29, 0.717) is 6.54 Å². The number of benzene rings is 2. The molecule has 0 spiro atoms. The van der Waals surface area contributed by atoms with Crippen LogP contribution in [0.15, 0.2) is 54.6 Å². The van der Waals surface area contributed by atoms with E-state index in [-0.39, 0.29) is 6.03 Å². The van der Waals surface area contributed by atoms with E-state index in [1.54, 1.807) is 4.90 Å². The molecule has 0 aromatic heterocycles. The average molecular weight is 325 g/mol. The summed E-state index contributed by atoms with van der Waals surface area (Å²) in [5.74, 6) is 0. The van der Waals surface area contributed by atoms with Crippen LogP contribution in [0.2, 0.25) is 0 Å². The van der Waals surface area contributed by atoms with Crippen molar-refractivity contribution >= 4 is 17.4 Å². The van der Waals surface area contributed by atoms with Gasteiger partial charge in [-0.1, -0.05) is 36.4 Å². The van der Waals surface area contributed by atoms with Crippen molar-refractivity contribution in [1.82, 2.24) is 4.90 Å². The van der Waals surface area contributed by atoms with Gasteiger partial charge in [-0.25, -0.2) is 4.79 Å². The van der Waals surface area contributed by atoms with Crippen molar-refractivity contribution in [3.05, 3.63) is 60.2 Å². The molecule has 2 amide bonds. The number of para-hydroxylation sites is 2. The van der Waals surface area contributed by atoms with Gasteiger partial charge in [-0.15, -0.1) is 0 Å².